The van der Waals surface area contributed by atoms with Gasteiger partial charge >= 0.3 is 6.09 Å². The van der Waals surface area contributed by atoms with Crippen molar-refractivity contribution in [1.29, 1.82) is 0 Å². The second kappa shape index (κ2) is 3.77. The summed E-state index contributed by atoms with van der Waals surface area (Å²) >= 11 is 0. The molecule has 2 atom stereocenters. The number of carbonyl (C=O) groups is 1. The second-order valence-corrected chi connectivity index (χ2v) is 4.77. The van der Waals surface area contributed by atoms with E-state index in [-0.39, 0.29) is 12.1 Å². The Hall–Kier alpha value is -0.770. The van der Waals surface area contributed by atoms with Crippen LogP contribution in [0.25, 0.3) is 0 Å². The van der Waals surface area contributed by atoms with Crippen molar-refractivity contribution in [2.24, 2.45) is 0 Å². The first-order chi connectivity index (χ1) is 6.31. The first-order valence-corrected chi connectivity index (χ1v) is 4.99. The van der Waals surface area contributed by atoms with Gasteiger partial charge in [0.15, 0.2) is 0 Å². The number of hydrogen-bond acceptors (Lipinski definition) is 3. The molecule has 1 saturated heterocycles. The van der Waals surface area contributed by atoms with E-state index in [1.807, 2.05) is 20.8 Å². The molecular weight excluding hydrogens is 182 g/mol. The minimum atomic E-state index is -0.476. The van der Waals surface area contributed by atoms with Crippen molar-refractivity contribution in [3.8, 4) is 0 Å². The Kier molecular flexibility index (Phi) is 3.04. The highest BCUT2D eigenvalue weighted by molar-refractivity contribution is 5.69. The Morgan fingerprint density at radius 1 is 1.57 bits per heavy atom. The summed E-state index contributed by atoms with van der Waals surface area (Å²) in [5, 5.41) is 9.34. The smallest absolute Gasteiger partial charge is 0.410 e. The van der Waals surface area contributed by atoms with Crippen LogP contribution in [0, 0.1) is 0 Å². The summed E-state index contributed by atoms with van der Waals surface area (Å²) in [6.07, 6.45) is 0.0580. The minimum Gasteiger partial charge on any atom is -0.444 e. The number of aliphatic hydroxyl groups excluding tert-OH is 1. The topological polar surface area (TPSA) is 49.8 Å². The van der Waals surface area contributed by atoms with Crippen LogP contribution >= 0.6 is 0 Å². The lowest BCUT2D eigenvalue weighted by Gasteiger charge is -2.42. The first-order valence-electron chi connectivity index (χ1n) is 4.99. The van der Waals surface area contributed by atoms with Gasteiger partial charge in [-0.05, 0) is 34.1 Å². The van der Waals surface area contributed by atoms with Gasteiger partial charge in [-0.25, -0.2) is 4.79 Å². The van der Waals surface area contributed by atoms with Crippen LogP contribution in [0.3, 0.4) is 0 Å². The lowest BCUT2D eigenvalue weighted by Crippen LogP contribution is -2.57. The molecule has 0 unspecified atom stereocenters. The molecule has 0 aromatic carbocycles. The number of rotatable bonds is 1. The zero-order valence-electron chi connectivity index (χ0n) is 9.28. The molecule has 1 rings (SSSR count). The van der Waals surface area contributed by atoms with Crippen molar-refractivity contribution >= 4 is 6.09 Å². The van der Waals surface area contributed by atoms with E-state index >= 15 is 0 Å². The van der Waals surface area contributed by atoms with Crippen molar-refractivity contribution in [1.82, 2.24) is 4.90 Å². The number of aliphatic hydroxyl groups is 1. The van der Waals surface area contributed by atoms with E-state index in [1.165, 1.54) is 0 Å². The first kappa shape index (κ1) is 11.3. The van der Waals surface area contributed by atoms with Gasteiger partial charge in [0.25, 0.3) is 0 Å². The standard InChI is InChI=1S/C10H19NO3/c1-7(12)8-5-6-11(8)9(13)14-10(2,3)4/h7-8,12H,5-6H2,1-4H3/t7-,8-/m1/s1. The normalized spacial score (nSPS) is 24.1. The maximum atomic E-state index is 11.5. The van der Waals surface area contributed by atoms with Crippen molar-refractivity contribution in [3.63, 3.8) is 0 Å². The van der Waals surface area contributed by atoms with Crippen LogP contribution < -0.4 is 0 Å². The summed E-state index contributed by atoms with van der Waals surface area (Å²) < 4.78 is 5.20. The van der Waals surface area contributed by atoms with E-state index in [0.29, 0.717) is 6.54 Å². The molecule has 1 N–H and O–H groups in total. The molecule has 1 fully saturated rings. The number of amides is 1. The fourth-order valence-corrected chi connectivity index (χ4v) is 1.46. The summed E-state index contributed by atoms with van der Waals surface area (Å²) in [6.45, 7) is 7.89. The van der Waals surface area contributed by atoms with E-state index in [9.17, 15) is 9.90 Å². The van der Waals surface area contributed by atoms with Gasteiger partial charge in [0.2, 0.25) is 0 Å². The van der Waals surface area contributed by atoms with Gasteiger partial charge < -0.3 is 14.7 Å². The lowest BCUT2D eigenvalue weighted by molar-refractivity contribution is -0.0355. The molecule has 1 aliphatic heterocycles. The van der Waals surface area contributed by atoms with Crippen LogP contribution in [0.15, 0.2) is 0 Å². The number of carbonyl (C=O) groups excluding carboxylic acids is 1. The SMILES string of the molecule is C[C@@H](O)[C@H]1CCN1C(=O)OC(C)(C)C. The molecule has 1 heterocycles. The highest BCUT2D eigenvalue weighted by Gasteiger charge is 2.37. The van der Waals surface area contributed by atoms with Gasteiger partial charge in [0, 0.05) is 6.54 Å². The fraction of sp³-hybridized carbons (Fsp3) is 0.900. The van der Waals surface area contributed by atoms with Crippen LogP contribution in [0.1, 0.15) is 34.1 Å². The minimum absolute atomic E-state index is 0.0650. The second-order valence-electron chi connectivity index (χ2n) is 4.77. The van der Waals surface area contributed by atoms with Crippen molar-refractivity contribution in [2.75, 3.05) is 6.54 Å². The average Bonchev–Trinajstić information content (AvgIpc) is 1.75. The lowest BCUT2D eigenvalue weighted by atomic mass is 9.99. The highest BCUT2D eigenvalue weighted by Crippen LogP contribution is 2.23. The van der Waals surface area contributed by atoms with Crippen LogP contribution in [0.2, 0.25) is 0 Å². The van der Waals surface area contributed by atoms with Gasteiger partial charge in [0.1, 0.15) is 5.60 Å². The molecule has 0 aliphatic carbocycles. The van der Waals surface area contributed by atoms with Gasteiger partial charge in [-0.1, -0.05) is 0 Å². The molecule has 1 amide bonds. The van der Waals surface area contributed by atoms with E-state index in [2.05, 4.69) is 0 Å². The van der Waals surface area contributed by atoms with E-state index in [4.69, 9.17) is 4.74 Å². The van der Waals surface area contributed by atoms with E-state index in [1.54, 1.807) is 11.8 Å². The van der Waals surface area contributed by atoms with E-state index in [0.717, 1.165) is 6.42 Å². The molecule has 0 radical (unpaired) electrons. The summed E-state index contributed by atoms with van der Waals surface area (Å²) in [7, 11) is 0. The summed E-state index contributed by atoms with van der Waals surface area (Å²) in [5.74, 6) is 0. The van der Waals surface area contributed by atoms with Crippen LogP contribution in [-0.2, 0) is 4.74 Å². The van der Waals surface area contributed by atoms with E-state index < -0.39 is 11.7 Å². The molecule has 0 saturated carbocycles. The quantitative estimate of drug-likeness (QED) is 0.697. The highest BCUT2D eigenvalue weighted by atomic mass is 16.6. The van der Waals surface area contributed by atoms with Gasteiger partial charge in [0.05, 0.1) is 12.1 Å². The Labute approximate surface area is 84.8 Å². The summed E-state index contributed by atoms with van der Waals surface area (Å²) in [5.41, 5.74) is -0.462. The molecule has 0 aromatic heterocycles. The Morgan fingerprint density at radius 3 is 2.43 bits per heavy atom. The predicted octanol–water partition coefficient (Wildman–Crippen LogP) is 1.38. The molecule has 0 spiro atoms. The largest absolute Gasteiger partial charge is 0.444 e. The van der Waals surface area contributed by atoms with Gasteiger partial charge in [-0.2, -0.15) is 0 Å². The third-order valence-electron chi connectivity index (χ3n) is 2.25. The zero-order chi connectivity index (χ0) is 10.9. The van der Waals surface area contributed by atoms with Gasteiger partial charge in [-0.15, -0.1) is 0 Å². The molecule has 4 heteroatoms. The third kappa shape index (κ3) is 2.61. The maximum absolute atomic E-state index is 11.5. The Balaban J connectivity index is 2.46. The third-order valence-corrected chi connectivity index (χ3v) is 2.25. The fourth-order valence-electron chi connectivity index (χ4n) is 1.46. The molecule has 0 bridgehead atoms. The molecule has 82 valence electrons. The molecule has 4 nitrogen and oxygen atoms in total. The van der Waals surface area contributed by atoms with Crippen LogP contribution in [-0.4, -0.2) is 40.4 Å². The van der Waals surface area contributed by atoms with Crippen molar-refractivity contribution in [3.05, 3.63) is 0 Å². The van der Waals surface area contributed by atoms with Crippen LogP contribution in [0.5, 0.6) is 0 Å². The van der Waals surface area contributed by atoms with Gasteiger partial charge in [-0.3, -0.25) is 0 Å². The molecule has 1 aliphatic rings. The zero-order valence-corrected chi connectivity index (χ0v) is 9.28. The summed E-state index contributed by atoms with van der Waals surface area (Å²) in [6, 6.07) is -0.0650. The maximum Gasteiger partial charge on any atom is 0.410 e. The molecular formula is C10H19NO3. The van der Waals surface area contributed by atoms with Crippen molar-refractivity contribution < 1.29 is 14.6 Å². The summed E-state index contributed by atoms with van der Waals surface area (Å²) in [4.78, 5) is 13.1. The number of nitrogens with zero attached hydrogens (tertiary/aromatic N) is 1. The number of ether oxygens (including phenoxy) is 1. The average molecular weight is 201 g/mol. The number of hydrogen-bond donors (Lipinski definition) is 1. The van der Waals surface area contributed by atoms with Crippen LogP contribution in [0.4, 0.5) is 4.79 Å². The Morgan fingerprint density at radius 2 is 2.14 bits per heavy atom. The number of likely N-dealkylation sites (tertiary alicyclic amines) is 1. The monoisotopic (exact) mass is 201 g/mol. The van der Waals surface area contributed by atoms with Crippen molar-refractivity contribution in [2.45, 2.75) is 51.9 Å². The molecule has 14 heavy (non-hydrogen) atoms. The Bertz CT molecular complexity index is 220. The predicted molar refractivity (Wildman–Crippen MR) is 53.0 cm³/mol. The molecule has 0 aromatic rings.